The fourth-order valence-electron chi connectivity index (χ4n) is 2.26. The molecule has 3 N–H and O–H groups in total. The van der Waals surface area contributed by atoms with Crippen molar-refractivity contribution in [3.05, 3.63) is 29.8 Å². The number of hydrogen-bond donors (Lipinski definition) is 3. The first-order chi connectivity index (χ1) is 12.1. The molecule has 0 atom stereocenters. The molecule has 0 unspecified atom stereocenters. The van der Waals surface area contributed by atoms with Crippen molar-refractivity contribution < 1.29 is 14.3 Å². The summed E-state index contributed by atoms with van der Waals surface area (Å²) in [5.74, 6) is 1.24. The van der Waals surface area contributed by atoms with E-state index in [1.54, 1.807) is 0 Å². The number of rotatable bonds is 8. The zero-order valence-electron chi connectivity index (χ0n) is 14.7. The molecule has 0 aromatic heterocycles. The molecular weight excluding hydrogens is 322 g/mol. The third kappa shape index (κ3) is 5.98. The molecule has 8 heteroatoms. The zero-order valence-corrected chi connectivity index (χ0v) is 14.7. The Morgan fingerprint density at radius 3 is 2.68 bits per heavy atom. The summed E-state index contributed by atoms with van der Waals surface area (Å²) in [7, 11) is 0. The van der Waals surface area contributed by atoms with Gasteiger partial charge in [-0.2, -0.15) is 0 Å². The highest BCUT2D eigenvalue weighted by Crippen LogP contribution is 2.10. The summed E-state index contributed by atoms with van der Waals surface area (Å²) in [6, 6.07) is 7.53. The van der Waals surface area contributed by atoms with Crippen LogP contribution in [0.2, 0.25) is 0 Å². The van der Waals surface area contributed by atoms with Crippen molar-refractivity contribution in [1.82, 2.24) is 20.9 Å². The van der Waals surface area contributed by atoms with Crippen LogP contribution in [0.3, 0.4) is 0 Å². The van der Waals surface area contributed by atoms with Crippen LogP contribution in [0.25, 0.3) is 0 Å². The van der Waals surface area contributed by atoms with Gasteiger partial charge in [-0.1, -0.05) is 17.7 Å². The summed E-state index contributed by atoms with van der Waals surface area (Å²) in [6.07, 6.45) is 0. The number of aliphatic imine (C=N–C) groups is 1. The van der Waals surface area contributed by atoms with E-state index in [0.717, 1.165) is 5.75 Å². The van der Waals surface area contributed by atoms with Crippen LogP contribution < -0.4 is 20.7 Å². The maximum absolute atomic E-state index is 11.5. The molecule has 1 aliphatic heterocycles. The van der Waals surface area contributed by atoms with Crippen LogP contribution >= 0.6 is 0 Å². The number of ether oxygens (including phenoxy) is 1. The third-order valence-electron chi connectivity index (χ3n) is 3.56. The van der Waals surface area contributed by atoms with Crippen molar-refractivity contribution in [2.45, 2.75) is 13.8 Å². The minimum atomic E-state index is -0.357. The van der Waals surface area contributed by atoms with Gasteiger partial charge in [-0.3, -0.25) is 14.7 Å². The van der Waals surface area contributed by atoms with Gasteiger partial charge < -0.3 is 20.7 Å². The van der Waals surface area contributed by atoms with Gasteiger partial charge in [-0.25, -0.2) is 4.79 Å². The Morgan fingerprint density at radius 1 is 1.28 bits per heavy atom. The Kier molecular flexibility index (Phi) is 7.06. The first-order valence-corrected chi connectivity index (χ1v) is 8.40. The molecule has 0 bridgehead atoms. The molecule has 1 fully saturated rings. The molecule has 1 aliphatic rings. The summed E-state index contributed by atoms with van der Waals surface area (Å²) in [5, 5.41) is 8.76. The van der Waals surface area contributed by atoms with E-state index < -0.39 is 0 Å². The predicted molar refractivity (Wildman–Crippen MR) is 95.8 cm³/mol. The second kappa shape index (κ2) is 9.51. The SMILES string of the molecule is CCNC(=NCCN1C(=O)CNC1=O)NCCOc1ccc(C)cc1. The van der Waals surface area contributed by atoms with Gasteiger partial charge in [-0.05, 0) is 26.0 Å². The number of aryl methyl sites for hydroxylation is 1. The minimum absolute atomic E-state index is 0.0667. The fourth-order valence-corrected chi connectivity index (χ4v) is 2.26. The van der Waals surface area contributed by atoms with Gasteiger partial charge >= 0.3 is 6.03 Å². The highest BCUT2D eigenvalue weighted by Gasteiger charge is 2.27. The maximum Gasteiger partial charge on any atom is 0.324 e. The Balaban J connectivity index is 1.72. The molecule has 1 heterocycles. The smallest absolute Gasteiger partial charge is 0.324 e. The van der Waals surface area contributed by atoms with E-state index in [2.05, 4.69) is 20.9 Å². The summed E-state index contributed by atoms with van der Waals surface area (Å²) >= 11 is 0. The van der Waals surface area contributed by atoms with Crippen LogP contribution in [-0.4, -0.2) is 62.1 Å². The molecule has 1 aromatic rings. The molecule has 0 saturated carbocycles. The van der Waals surface area contributed by atoms with Gasteiger partial charge in [0.2, 0.25) is 5.91 Å². The average Bonchev–Trinajstić information content (AvgIpc) is 2.92. The number of urea groups is 1. The van der Waals surface area contributed by atoms with Crippen molar-refractivity contribution in [2.75, 3.05) is 39.3 Å². The molecule has 1 aromatic carbocycles. The van der Waals surface area contributed by atoms with Gasteiger partial charge in [0.1, 0.15) is 12.4 Å². The van der Waals surface area contributed by atoms with Crippen LogP contribution in [0.4, 0.5) is 4.79 Å². The molecule has 0 spiro atoms. The number of hydrogen-bond acceptors (Lipinski definition) is 4. The number of guanidine groups is 1. The largest absolute Gasteiger partial charge is 0.492 e. The second-order valence-electron chi connectivity index (χ2n) is 5.55. The maximum atomic E-state index is 11.5. The molecule has 25 heavy (non-hydrogen) atoms. The monoisotopic (exact) mass is 347 g/mol. The van der Waals surface area contributed by atoms with Crippen LogP contribution in [0.1, 0.15) is 12.5 Å². The zero-order chi connectivity index (χ0) is 18.1. The standard InChI is InChI=1S/C17H25N5O3/c1-3-18-16(19-8-10-22-15(23)12-21-17(22)24)20-9-11-25-14-6-4-13(2)5-7-14/h4-7H,3,8-12H2,1-2H3,(H,21,24)(H2,18,19,20). The van der Waals surface area contributed by atoms with Crippen molar-refractivity contribution in [2.24, 2.45) is 4.99 Å². The van der Waals surface area contributed by atoms with E-state index in [0.29, 0.717) is 32.2 Å². The molecule has 2 rings (SSSR count). The number of imide groups is 1. The number of benzene rings is 1. The predicted octanol–water partition coefficient (Wildman–Crippen LogP) is 0.481. The summed E-state index contributed by atoms with van der Waals surface area (Å²) < 4.78 is 5.65. The van der Waals surface area contributed by atoms with Crippen LogP contribution in [0.5, 0.6) is 5.75 Å². The number of nitrogens with zero attached hydrogens (tertiary/aromatic N) is 2. The molecule has 136 valence electrons. The Hall–Kier alpha value is -2.77. The Bertz CT molecular complexity index is 599. The van der Waals surface area contributed by atoms with E-state index in [-0.39, 0.29) is 25.0 Å². The van der Waals surface area contributed by atoms with Crippen molar-refractivity contribution in [3.8, 4) is 5.75 Å². The summed E-state index contributed by atoms with van der Waals surface area (Å²) in [6.45, 7) is 6.48. The highest BCUT2D eigenvalue weighted by molar-refractivity contribution is 6.01. The number of nitrogens with one attached hydrogen (secondary N) is 3. The van der Waals surface area contributed by atoms with Gasteiger partial charge in [-0.15, -0.1) is 0 Å². The van der Waals surface area contributed by atoms with Gasteiger partial charge in [0, 0.05) is 6.54 Å². The van der Waals surface area contributed by atoms with Crippen LogP contribution in [0, 0.1) is 6.92 Å². The molecule has 0 aliphatic carbocycles. The molecule has 1 saturated heterocycles. The number of carbonyl (C=O) groups is 2. The van der Waals surface area contributed by atoms with E-state index in [4.69, 9.17) is 4.74 Å². The Morgan fingerprint density at radius 2 is 2.04 bits per heavy atom. The highest BCUT2D eigenvalue weighted by atomic mass is 16.5. The first kappa shape index (κ1) is 18.6. The lowest BCUT2D eigenvalue weighted by Crippen LogP contribution is -2.40. The second-order valence-corrected chi connectivity index (χ2v) is 5.55. The minimum Gasteiger partial charge on any atom is -0.492 e. The van der Waals surface area contributed by atoms with E-state index in [1.807, 2.05) is 38.1 Å². The van der Waals surface area contributed by atoms with Crippen molar-refractivity contribution in [3.63, 3.8) is 0 Å². The molecular formula is C17H25N5O3. The lowest BCUT2D eigenvalue weighted by atomic mass is 10.2. The van der Waals surface area contributed by atoms with E-state index in [1.165, 1.54) is 10.5 Å². The lowest BCUT2D eigenvalue weighted by Gasteiger charge is -2.14. The van der Waals surface area contributed by atoms with Crippen LogP contribution in [-0.2, 0) is 4.79 Å². The van der Waals surface area contributed by atoms with Crippen molar-refractivity contribution >= 4 is 17.9 Å². The van der Waals surface area contributed by atoms with Gasteiger partial charge in [0.25, 0.3) is 0 Å². The lowest BCUT2D eigenvalue weighted by molar-refractivity contribution is -0.124. The molecule has 0 radical (unpaired) electrons. The molecule has 8 nitrogen and oxygen atoms in total. The topological polar surface area (TPSA) is 95.1 Å². The third-order valence-corrected chi connectivity index (χ3v) is 3.56. The Labute approximate surface area is 147 Å². The average molecular weight is 347 g/mol. The van der Waals surface area contributed by atoms with E-state index >= 15 is 0 Å². The fraction of sp³-hybridized carbons (Fsp3) is 0.471. The first-order valence-electron chi connectivity index (χ1n) is 8.40. The molecule has 3 amide bonds. The summed E-state index contributed by atoms with van der Waals surface area (Å²) in [5.41, 5.74) is 1.19. The summed E-state index contributed by atoms with van der Waals surface area (Å²) in [4.78, 5) is 28.5. The van der Waals surface area contributed by atoms with Gasteiger partial charge in [0.05, 0.1) is 26.2 Å². The van der Waals surface area contributed by atoms with E-state index in [9.17, 15) is 9.59 Å². The quantitative estimate of drug-likeness (QED) is 0.275. The van der Waals surface area contributed by atoms with Gasteiger partial charge in [0.15, 0.2) is 5.96 Å². The number of amides is 3. The van der Waals surface area contributed by atoms with Crippen LogP contribution in [0.15, 0.2) is 29.3 Å². The number of carbonyl (C=O) groups excluding carboxylic acids is 2. The van der Waals surface area contributed by atoms with Crippen molar-refractivity contribution in [1.29, 1.82) is 0 Å². The normalized spacial score (nSPS) is 14.5.